The summed E-state index contributed by atoms with van der Waals surface area (Å²) in [5.74, 6) is 0.00842. The van der Waals surface area contributed by atoms with Gasteiger partial charge in [0.05, 0.1) is 6.67 Å². The van der Waals surface area contributed by atoms with E-state index >= 15 is 0 Å². The van der Waals surface area contributed by atoms with Gasteiger partial charge in [-0.25, -0.2) is 4.79 Å². The van der Waals surface area contributed by atoms with E-state index in [2.05, 4.69) is 26.1 Å². The van der Waals surface area contributed by atoms with Crippen molar-refractivity contribution in [2.45, 2.75) is 31.2 Å². The second-order valence-electron chi connectivity index (χ2n) is 9.45. The van der Waals surface area contributed by atoms with Crippen molar-refractivity contribution in [1.29, 1.82) is 0 Å². The molecule has 1 spiro atoms. The Morgan fingerprint density at radius 1 is 0.886 bits per heavy atom. The minimum Gasteiger partial charge on any atom is -0.341 e. The first-order valence-corrected chi connectivity index (χ1v) is 13.0. The SMILES string of the molecule is O=C(CN1CN(c2ccccc2)C2(CCN(C(=O)Nc3ccc(Br)cc3)CC2)C1=O)N1CCCC1. The highest BCUT2D eigenvalue weighted by Crippen LogP contribution is 2.39. The quantitative estimate of drug-likeness (QED) is 0.642. The van der Waals surface area contributed by atoms with Gasteiger partial charge in [-0.05, 0) is 62.1 Å². The van der Waals surface area contributed by atoms with Crippen molar-refractivity contribution in [2.75, 3.05) is 49.6 Å². The Kier molecular flexibility index (Phi) is 6.69. The highest BCUT2D eigenvalue weighted by atomic mass is 79.9. The van der Waals surface area contributed by atoms with E-state index in [9.17, 15) is 14.4 Å². The molecule has 2 aromatic carbocycles. The van der Waals surface area contributed by atoms with E-state index in [4.69, 9.17) is 0 Å². The van der Waals surface area contributed by atoms with Crippen molar-refractivity contribution < 1.29 is 14.4 Å². The number of halogens is 1. The predicted octanol–water partition coefficient (Wildman–Crippen LogP) is 3.74. The molecule has 5 rings (SSSR count). The van der Waals surface area contributed by atoms with Gasteiger partial charge in [0.15, 0.2) is 0 Å². The molecule has 2 aromatic rings. The summed E-state index contributed by atoms with van der Waals surface area (Å²) in [5, 5.41) is 2.95. The molecule has 0 atom stereocenters. The fourth-order valence-electron chi connectivity index (χ4n) is 5.37. The molecule has 0 bridgehead atoms. The Morgan fingerprint density at radius 3 is 2.20 bits per heavy atom. The lowest BCUT2D eigenvalue weighted by Crippen LogP contribution is -2.58. The molecule has 8 nitrogen and oxygen atoms in total. The zero-order valence-corrected chi connectivity index (χ0v) is 21.2. The average molecular weight is 540 g/mol. The third kappa shape index (κ3) is 4.74. The van der Waals surface area contributed by atoms with E-state index < -0.39 is 5.54 Å². The van der Waals surface area contributed by atoms with Crippen LogP contribution < -0.4 is 10.2 Å². The third-order valence-corrected chi connectivity index (χ3v) is 7.87. The number of para-hydroxylation sites is 1. The molecule has 3 aliphatic rings. The standard InChI is InChI=1S/C26H30BrN5O3/c27-20-8-10-21(11-9-20)28-25(35)30-16-12-26(13-17-30)24(34)31(18-23(33)29-14-4-5-15-29)19-32(26)22-6-2-1-3-7-22/h1-3,6-11H,4-5,12-19H2,(H,28,35). The zero-order chi connectivity index (χ0) is 24.4. The Bertz CT molecular complexity index is 1080. The first-order chi connectivity index (χ1) is 17.0. The fraction of sp³-hybridized carbons (Fsp3) is 0.423. The number of benzene rings is 2. The maximum absolute atomic E-state index is 13.8. The molecule has 0 aliphatic carbocycles. The summed E-state index contributed by atoms with van der Waals surface area (Å²) in [5.41, 5.74) is 0.943. The Morgan fingerprint density at radius 2 is 1.54 bits per heavy atom. The number of anilines is 2. The number of hydrogen-bond donors (Lipinski definition) is 1. The normalized spacial score (nSPS) is 19.5. The minimum atomic E-state index is -0.749. The maximum Gasteiger partial charge on any atom is 0.321 e. The molecule has 3 heterocycles. The molecule has 9 heteroatoms. The smallest absolute Gasteiger partial charge is 0.321 e. The van der Waals surface area contributed by atoms with Crippen LogP contribution >= 0.6 is 15.9 Å². The van der Waals surface area contributed by atoms with E-state index in [1.54, 1.807) is 9.80 Å². The van der Waals surface area contributed by atoms with Gasteiger partial charge in [-0.15, -0.1) is 0 Å². The van der Waals surface area contributed by atoms with Crippen LogP contribution in [-0.4, -0.2) is 77.5 Å². The number of amides is 4. The highest BCUT2D eigenvalue weighted by Gasteiger charge is 2.54. The Hall–Kier alpha value is -3.07. The lowest BCUT2D eigenvalue weighted by Gasteiger charge is -2.43. The van der Waals surface area contributed by atoms with Gasteiger partial charge < -0.3 is 24.9 Å². The topological polar surface area (TPSA) is 76.2 Å². The van der Waals surface area contributed by atoms with Crippen LogP contribution in [0.15, 0.2) is 59.1 Å². The molecule has 3 saturated heterocycles. The van der Waals surface area contributed by atoms with Crippen molar-refractivity contribution in [3.05, 3.63) is 59.1 Å². The summed E-state index contributed by atoms with van der Waals surface area (Å²) in [4.78, 5) is 47.0. The molecule has 35 heavy (non-hydrogen) atoms. The first-order valence-electron chi connectivity index (χ1n) is 12.2. The largest absolute Gasteiger partial charge is 0.341 e. The van der Waals surface area contributed by atoms with Gasteiger partial charge >= 0.3 is 6.03 Å². The molecule has 1 N–H and O–H groups in total. The summed E-state index contributed by atoms with van der Waals surface area (Å²) in [6.45, 7) is 2.97. The second kappa shape index (κ2) is 9.89. The van der Waals surface area contributed by atoms with Gasteiger partial charge in [-0.3, -0.25) is 9.59 Å². The van der Waals surface area contributed by atoms with Gasteiger partial charge in [-0.1, -0.05) is 34.1 Å². The summed E-state index contributed by atoms with van der Waals surface area (Å²) in [6, 6.07) is 17.2. The molecule has 4 amide bonds. The van der Waals surface area contributed by atoms with E-state index in [0.29, 0.717) is 32.6 Å². The minimum absolute atomic E-state index is 0.0122. The number of rotatable bonds is 4. The van der Waals surface area contributed by atoms with E-state index in [0.717, 1.165) is 41.8 Å². The van der Waals surface area contributed by atoms with Gasteiger partial charge in [0.1, 0.15) is 12.1 Å². The fourth-order valence-corrected chi connectivity index (χ4v) is 5.63. The van der Waals surface area contributed by atoms with Crippen molar-refractivity contribution in [2.24, 2.45) is 0 Å². The number of nitrogens with one attached hydrogen (secondary N) is 1. The number of nitrogens with zero attached hydrogens (tertiary/aromatic N) is 4. The second-order valence-corrected chi connectivity index (χ2v) is 10.4. The Labute approximate surface area is 214 Å². The van der Waals surface area contributed by atoms with Crippen LogP contribution in [0.4, 0.5) is 16.2 Å². The molecular weight excluding hydrogens is 510 g/mol. The number of likely N-dealkylation sites (tertiary alicyclic amines) is 2. The predicted molar refractivity (Wildman–Crippen MR) is 138 cm³/mol. The van der Waals surface area contributed by atoms with Gasteiger partial charge in [-0.2, -0.15) is 0 Å². The van der Waals surface area contributed by atoms with E-state index in [-0.39, 0.29) is 24.4 Å². The van der Waals surface area contributed by atoms with Crippen LogP contribution in [0.25, 0.3) is 0 Å². The first kappa shape index (κ1) is 23.7. The van der Waals surface area contributed by atoms with Crippen molar-refractivity contribution in [1.82, 2.24) is 14.7 Å². The lowest BCUT2D eigenvalue weighted by molar-refractivity contribution is -0.140. The molecule has 0 saturated carbocycles. The van der Waals surface area contributed by atoms with Crippen LogP contribution in [-0.2, 0) is 9.59 Å². The van der Waals surface area contributed by atoms with Gasteiger partial charge in [0.25, 0.3) is 5.91 Å². The van der Waals surface area contributed by atoms with Gasteiger partial charge in [0.2, 0.25) is 5.91 Å². The number of piperidine rings is 1. The third-order valence-electron chi connectivity index (χ3n) is 7.34. The molecule has 3 aliphatic heterocycles. The molecular formula is C26H30BrN5O3. The summed E-state index contributed by atoms with van der Waals surface area (Å²) >= 11 is 3.40. The molecule has 0 aromatic heterocycles. The van der Waals surface area contributed by atoms with Crippen LogP contribution in [0.3, 0.4) is 0 Å². The highest BCUT2D eigenvalue weighted by molar-refractivity contribution is 9.10. The zero-order valence-electron chi connectivity index (χ0n) is 19.7. The van der Waals surface area contributed by atoms with Crippen molar-refractivity contribution >= 4 is 45.2 Å². The average Bonchev–Trinajstić information content (AvgIpc) is 3.51. The lowest BCUT2D eigenvalue weighted by atomic mass is 9.85. The molecule has 184 valence electrons. The van der Waals surface area contributed by atoms with Crippen LogP contribution in [0, 0.1) is 0 Å². The summed E-state index contributed by atoms with van der Waals surface area (Å²) < 4.78 is 0.948. The van der Waals surface area contributed by atoms with E-state index in [1.165, 1.54) is 0 Å². The van der Waals surface area contributed by atoms with Crippen molar-refractivity contribution in [3.63, 3.8) is 0 Å². The molecule has 0 radical (unpaired) electrons. The van der Waals surface area contributed by atoms with Crippen LogP contribution in [0.1, 0.15) is 25.7 Å². The monoisotopic (exact) mass is 539 g/mol. The number of carbonyl (C=O) groups excluding carboxylic acids is 3. The Balaban J connectivity index is 1.31. The van der Waals surface area contributed by atoms with E-state index in [1.807, 2.05) is 59.5 Å². The summed E-state index contributed by atoms with van der Waals surface area (Å²) in [6.07, 6.45) is 3.08. The molecule has 3 fully saturated rings. The van der Waals surface area contributed by atoms with Crippen LogP contribution in [0.5, 0.6) is 0 Å². The summed E-state index contributed by atoms with van der Waals surface area (Å²) in [7, 11) is 0. The van der Waals surface area contributed by atoms with Crippen LogP contribution in [0.2, 0.25) is 0 Å². The molecule has 0 unspecified atom stereocenters. The maximum atomic E-state index is 13.8. The number of urea groups is 1. The van der Waals surface area contributed by atoms with Gasteiger partial charge in [0, 0.05) is 42.0 Å². The van der Waals surface area contributed by atoms with Crippen molar-refractivity contribution in [3.8, 4) is 0 Å². The number of carbonyl (C=O) groups is 3. The number of hydrogen-bond acceptors (Lipinski definition) is 4.